The molecule has 0 amide bonds. The van der Waals surface area contributed by atoms with Crippen molar-refractivity contribution in [2.24, 2.45) is 11.8 Å². The van der Waals surface area contributed by atoms with E-state index in [0.29, 0.717) is 12.5 Å². The lowest BCUT2D eigenvalue weighted by Gasteiger charge is -2.00. The predicted molar refractivity (Wildman–Crippen MR) is 98.8 cm³/mol. The topological polar surface area (TPSA) is 63.6 Å². The minimum Gasteiger partial charge on any atom is -0.481 e. The number of esters is 1. The highest BCUT2D eigenvalue weighted by atomic mass is 16.5. The molecule has 4 atom stereocenters. The molecule has 136 valence electrons. The Labute approximate surface area is 153 Å². The fourth-order valence-electron chi connectivity index (χ4n) is 3.31. The van der Waals surface area contributed by atoms with Crippen LogP contribution >= 0.6 is 0 Å². The number of carboxylic acids is 1. The van der Waals surface area contributed by atoms with Crippen molar-refractivity contribution in [1.29, 1.82) is 0 Å². The zero-order chi connectivity index (χ0) is 18.5. The van der Waals surface area contributed by atoms with Crippen molar-refractivity contribution in [3.63, 3.8) is 0 Å². The maximum Gasteiger partial charge on any atom is 0.309 e. The largest absolute Gasteiger partial charge is 0.481 e. The van der Waals surface area contributed by atoms with Crippen LogP contribution in [0.1, 0.15) is 42.7 Å². The summed E-state index contributed by atoms with van der Waals surface area (Å²) in [5.74, 6) is -0.0612. The van der Waals surface area contributed by atoms with Crippen LogP contribution in [0.15, 0.2) is 60.7 Å². The van der Waals surface area contributed by atoms with Crippen molar-refractivity contribution in [3.8, 4) is 0 Å². The average Bonchev–Trinajstić information content (AvgIpc) is 3.57. The van der Waals surface area contributed by atoms with Crippen molar-refractivity contribution >= 4 is 11.9 Å². The minimum absolute atomic E-state index is 0.0404. The Bertz CT molecular complexity index is 741. The first-order chi connectivity index (χ1) is 12.6. The lowest BCUT2D eigenvalue weighted by Crippen LogP contribution is -2.07. The number of carboxylic acid groups (broad SMARTS) is 1. The molecule has 0 aliphatic heterocycles. The second-order valence-electron chi connectivity index (χ2n) is 6.81. The third kappa shape index (κ3) is 4.51. The summed E-state index contributed by atoms with van der Waals surface area (Å²) >= 11 is 0. The summed E-state index contributed by atoms with van der Waals surface area (Å²) in [6, 6.07) is 20.0. The second kappa shape index (κ2) is 8.17. The molecule has 0 bridgehead atoms. The number of carbonyl (C=O) groups excluding carboxylic acids is 1. The van der Waals surface area contributed by atoms with Crippen LogP contribution in [0.25, 0.3) is 0 Å². The summed E-state index contributed by atoms with van der Waals surface area (Å²) in [7, 11) is 0. The lowest BCUT2D eigenvalue weighted by molar-refractivity contribution is -0.144. The summed E-state index contributed by atoms with van der Waals surface area (Å²) < 4.78 is 4.98. The number of hydrogen-bond acceptors (Lipinski definition) is 3. The normalized spacial score (nSPS) is 25.4. The first-order valence-electron chi connectivity index (χ1n) is 9.11. The van der Waals surface area contributed by atoms with Gasteiger partial charge in [-0.05, 0) is 42.7 Å². The van der Waals surface area contributed by atoms with E-state index in [1.807, 2.05) is 55.5 Å². The molecule has 2 aromatic rings. The summed E-state index contributed by atoms with van der Waals surface area (Å²) in [4.78, 5) is 21.9. The molecule has 4 nitrogen and oxygen atoms in total. The quantitative estimate of drug-likeness (QED) is 0.818. The van der Waals surface area contributed by atoms with Crippen LogP contribution in [0.2, 0.25) is 0 Å². The van der Waals surface area contributed by atoms with E-state index in [1.54, 1.807) is 0 Å². The molecule has 2 aromatic carbocycles. The van der Waals surface area contributed by atoms with E-state index in [2.05, 4.69) is 12.1 Å². The summed E-state index contributed by atoms with van der Waals surface area (Å²) in [6.07, 6.45) is 1.75. The van der Waals surface area contributed by atoms with Gasteiger partial charge in [-0.15, -0.1) is 0 Å². The Kier molecular flexibility index (Phi) is 5.71. The molecule has 0 unspecified atom stereocenters. The SMILES string of the molecule is CCOC(=O)[C@H]1C[C@@H]1c1ccccc1.O=C(O)[C@H]1C[C@@H]1c1ccccc1. The molecular weight excluding hydrogens is 328 g/mol. The van der Waals surface area contributed by atoms with Crippen molar-refractivity contribution in [2.75, 3.05) is 6.61 Å². The molecule has 2 saturated carbocycles. The molecular formula is C22H24O4. The van der Waals surface area contributed by atoms with Gasteiger partial charge < -0.3 is 9.84 Å². The Balaban J connectivity index is 0.000000152. The molecule has 2 aliphatic carbocycles. The van der Waals surface area contributed by atoms with Gasteiger partial charge in [-0.2, -0.15) is 0 Å². The molecule has 4 heteroatoms. The van der Waals surface area contributed by atoms with E-state index >= 15 is 0 Å². The van der Waals surface area contributed by atoms with Gasteiger partial charge in [0.05, 0.1) is 18.4 Å². The first-order valence-corrected chi connectivity index (χ1v) is 9.11. The number of hydrogen-bond donors (Lipinski definition) is 1. The summed E-state index contributed by atoms with van der Waals surface area (Å²) in [5, 5.41) is 8.68. The van der Waals surface area contributed by atoms with Gasteiger partial charge in [-0.25, -0.2) is 0 Å². The minimum atomic E-state index is -0.663. The van der Waals surface area contributed by atoms with E-state index in [4.69, 9.17) is 9.84 Å². The average molecular weight is 352 g/mol. The van der Waals surface area contributed by atoms with Crippen LogP contribution < -0.4 is 0 Å². The Morgan fingerprint density at radius 3 is 1.77 bits per heavy atom. The lowest BCUT2D eigenvalue weighted by atomic mass is 10.1. The van der Waals surface area contributed by atoms with Crippen LogP contribution in [0, 0.1) is 11.8 Å². The highest BCUT2D eigenvalue weighted by Gasteiger charge is 2.45. The number of ether oxygens (including phenoxy) is 1. The van der Waals surface area contributed by atoms with Crippen LogP contribution in [-0.4, -0.2) is 23.7 Å². The monoisotopic (exact) mass is 352 g/mol. The first kappa shape index (κ1) is 18.2. The zero-order valence-corrected chi connectivity index (χ0v) is 14.9. The molecule has 26 heavy (non-hydrogen) atoms. The molecule has 1 N–H and O–H groups in total. The second-order valence-corrected chi connectivity index (χ2v) is 6.81. The Hall–Kier alpha value is -2.62. The van der Waals surface area contributed by atoms with Crippen LogP contribution in [0.3, 0.4) is 0 Å². The van der Waals surface area contributed by atoms with Crippen LogP contribution in [0.5, 0.6) is 0 Å². The van der Waals surface area contributed by atoms with E-state index in [0.717, 1.165) is 18.4 Å². The van der Waals surface area contributed by atoms with E-state index < -0.39 is 5.97 Å². The van der Waals surface area contributed by atoms with Crippen molar-refractivity contribution in [1.82, 2.24) is 0 Å². The van der Waals surface area contributed by atoms with Gasteiger partial charge in [0.25, 0.3) is 0 Å². The number of carbonyl (C=O) groups is 2. The van der Waals surface area contributed by atoms with Gasteiger partial charge in [0.15, 0.2) is 0 Å². The number of benzene rings is 2. The highest BCUT2D eigenvalue weighted by Crippen LogP contribution is 2.48. The van der Waals surface area contributed by atoms with Crippen molar-refractivity contribution < 1.29 is 19.4 Å². The van der Waals surface area contributed by atoms with E-state index in [9.17, 15) is 9.59 Å². The van der Waals surface area contributed by atoms with Crippen molar-refractivity contribution in [3.05, 3.63) is 71.8 Å². The molecule has 0 heterocycles. The van der Waals surface area contributed by atoms with Gasteiger partial charge in [0, 0.05) is 0 Å². The van der Waals surface area contributed by atoms with Crippen LogP contribution in [0.4, 0.5) is 0 Å². The van der Waals surface area contributed by atoms with E-state index in [-0.39, 0.29) is 23.7 Å². The molecule has 0 spiro atoms. The van der Waals surface area contributed by atoms with Gasteiger partial charge in [-0.1, -0.05) is 60.7 Å². The molecule has 0 aromatic heterocycles. The molecule has 2 fully saturated rings. The molecule has 0 radical (unpaired) electrons. The summed E-state index contributed by atoms with van der Waals surface area (Å²) in [5.41, 5.74) is 2.41. The highest BCUT2D eigenvalue weighted by molar-refractivity contribution is 5.77. The fourth-order valence-corrected chi connectivity index (χ4v) is 3.31. The number of rotatable bonds is 5. The third-order valence-electron chi connectivity index (χ3n) is 4.94. The fraction of sp³-hybridized carbons (Fsp3) is 0.364. The molecule has 4 rings (SSSR count). The molecule has 0 saturated heterocycles. The number of aliphatic carboxylic acids is 1. The summed E-state index contributed by atoms with van der Waals surface area (Å²) in [6.45, 7) is 2.33. The predicted octanol–water partition coefficient (Wildman–Crippen LogP) is 4.23. The van der Waals surface area contributed by atoms with Crippen molar-refractivity contribution in [2.45, 2.75) is 31.6 Å². The maximum absolute atomic E-state index is 11.4. The van der Waals surface area contributed by atoms with Crippen LogP contribution in [-0.2, 0) is 14.3 Å². The molecule has 2 aliphatic rings. The Morgan fingerprint density at radius 2 is 1.35 bits per heavy atom. The van der Waals surface area contributed by atoms with Gasteiger partial charge in [0.1, 0.15) is 0 Å². The standard InChI is InChI=1S/C12H14O2.C10H10O2/c1-2-14-12(13)11-8-10(11)9-6-4-3-5-7-9;11-10(12)9-6-8(9)7-4-2-1-3-5-7/h3-7,10-11H,2,8H2,1H3;1-5,8-9H,6H2,(H,11,12)/t10-,11+;8-,9+/m11/s1. The smallest absolute Gasteiger partial charge is 0.309 e. The van der Waals surface area contributed by atoms with E-state index in [1.165, 1.54) is 5.56 Å². The Morgan fingerprint density at radius 1 is 0.885 bits per heavy atom. The van der Waals surface area contributed by atoms with Gasteiger partial charge in [0.2, 0.25) is 0 Å². The third-order valence-corrected chi connectivity index (χ3v) is 4.94. The van der Waals surface area contributed by atoms with Gasteiger partial charge >= 0.3 is 11.9 Å². The maximum atomic E-state index is 11.4. The zero-order valence-electron chi connectivity index (χ0n) is 14.9. The van der Waals surface area contributed by atoms with Gasteiger partial charge in [-0.3, -0.25) is 9.59 Å².